The molecule has 0 unspecified atom stereocenters. The van der Waals surface area contributed by atoms with Gasteiger partial charge in [-0.25, -0.2) is 5.43 Å². The lowest BCUT2D eigenvalue weighted by Crippen LogP contribution is -2.24. The van der Waals surface area contributed by atoms with Crippen LogP contribution in [0.4, 0.5) is 5.69 Å². The zero-order valence-corrected chi connectivity index (χ0v) is 20.6. The number of ether oxygens (including phenoxy) is 2. The van der Waals surface area contributed by atoms with Crippen LogP contribution in [0.2, 0.25) is 0 Å². The van der Waals surface area contributed by atoms with Crippen molar-refractivity contribution in [3.63, 3.8) is 0 Å². The average molecular weight is 537 g/mol. The maximum absolute atomic E-state index is 12.6. The number of hydrogen-bond donors (Lipinski definition) is 1. The van der Waals surface area contributed by atoms with E-state index in [1.165, 1.54) is 31.5 Å². The molecule has 1 aromatic heterocycles. The van der Waals surface area contributed by atoms with E-state index in [1.54, 1.807) is 24.4 Å². The molecule has 38 heavy (non-hydrogen) atoms. The van der Waals surface area contributed by atoms with Crippen molar-refractivity contribution >= 4 is 38.8 Å². The number of hydrazone groups is 1. The van der Waals surface area contributed by atoms with Gasteiger partial charge in [-0.1, -0.05) is 18.2 Å². The molecule has 3 aromatic carbocycles. The molecule has 1 amide bonds. The van der Waals surface area contributed by atoms with Crippen molar-refractivity contribution in [2.24, 2.45) is 5.10 Å². The molecule has 1 heterocycles. The molecule has 0 spiro atoms. The summed E-state index contributed by atoms with van der Waals surface area (Å²) in [6, 6.07) is 17.7. The highest BCUT2D eigenvalue weighted by molar-refractivity contribution is 7.87. The molecule has 0 aliphatic heterocycles. The summed E-state index contributed by atoms with van der Waals surface area (Å²) in [6.07, 6.45) is 2.96. The number of methoxy groups -OCH3 is 1. The smallest absolute Gasteiger partial charge is 0.339 e. The number of nitro groups is 1. The highest BCUT2D eigenvalue weighted by atomic mass is 32.2. The van der Waals surface area contributed by atoms with Crippen LogP contribution in [-0.4, -0.2) is 44.2 Å². The van der Waals surface area contributed by atoms with E-state index >= 15 is 0 Å². The molecule has 0 radical (unpaired) electrons. The van der Waals surface area contributed by atoms with Crippen molar-refractivity contribution in [3.05, 3.63) is 94.7 Å². The Bertz CT molecular complexity index is 1620. The number of non-ortho nitro benzene ring substituents is 1. The minimum Gasteiger partial charge on any atom is -0.493 e. The quantitative estimate of drug-likeness (QED) is 0.139. The molecule has 0 saturated heterocycles. The second-order valence-electron chi connectivity index (χ2n) is 7.61. The number of para-hydroxylation sites is 1. The first-order valence-electron chi connectivity index (χ1n) is 10.9. The molecule has 4 aromatic rings. The van der Waals surface area contributed by atoms with Gasteiger partial charge in [0.2, 0.25) is 0 Å². The highest BCUT2D eigenvalue weighted by Gasteiger charge is 2.20. The molecule has 194 valence electrons. The summed E-state index contributed by atoms with van der Waals surface area (Å²) in [5, 5.41) is 15.5. The van der Waals surface area contributed by atoms with E-state index in [4.69, 9.17) is 13.7 Å². The van der Waals surface area contributed by atoms with E-state index in [2.05, 4.69) is 15.5 Å². The summed E-state index contributed by atoms with van der Waals surface area (Å²) in [4.78, 5) is 26.3. The van der Waals surface area contributed by atoms with E-state index in [1.807, 2.05) is 12.1 Å². The van der Waals surface area contributed by atoms with Crippen LogP contribution in [0.15, 0.2) is 89.0 Å². The third-order valence-electron chi connectivity index (χ3n) is 5.08. The fraction of sp³-hybridized carbons (Fsp3) is 0.0800. The minimum atomic E-state index is -4.28. The lowest BCUT2D eigenvalue weighted by molar-refractivity contribution is -0.384. The van der Waals surface area contributed by atoms with E-state index in [9.17, 15) is 23.3 Å². The van der Waals surface area contributed by atoms with Crippen molar-refractivity contribution in [1.82, 2.24) is 10.4 Å². The number of carbonyl (C=O) groups excluding carboxylic acids is 1. The normalized spacial score (nSPS) is 11.3. The molecule has 4 rings (SSSR count). The zero-order chi connectivity index (χ0) is 27.1. The Morgan fingerprint density at radius 1 is 1.05 bits per heavy atom. The van der Waals surface area contributed by atoms with Gasteiger partial charge in [0.25, 0.3) is 11.6 Å². The largest absolute Gasteiger partial charge is 0.493 e. The number of nitro benzene ring substituents is 1. The van der Waals surface area contributed by atoms with Gasteiger partial charge in [-0.2, -0.15) is 13.5 Å². The summed E-state index contributed by atoms with van der Waals surface area (Å²) in [6.45, 7) is -0.288. The number of rotatable bonds is 10. The van der Waals surface area contributed by atoms with Gasteiger partial charge in [0.1, 0.15) is 16.2 Å². The van der Waals surface area contributed by atoms with Crippen LogP contribution in [0.1, 0.15) is 5.56 Å². The van der Waals surface area contributed by atoms with Crippen LogP contribution in [-0.2, 0) is 14.9 Å². The maximum Gasteiger partial charge on any atom is 0.339 e. The third kappa shape index (κ3) is 6.20. The van der Waals surface area contributed by atoms with Crippen LogP contribution >= 0.6 is 0 Å². The van der Waals surface area contributed by atoms with Crippen molar-refractivity contribution < 1.29 is 31.8 Å². The number of benzene rings is 3. The molecule has 0 aliphatic rings. The van der Waals surface area contributed by atoms with Gasteiger partial charge in [0.05, 0.1) is 18.2 Å². The molecular formula is C25H20N4O8S. The van der Waals surface area contributed by atoms with Gasteiger partial charge in [-0.05, 0) is 48.0 Å². The maximum atomic E-state index is 12.6. The molecule has 0 bridgehead atoms. The van der Waals surface area contributed by atoms with Crippen LogP contribution in [0.3, 0.4) is 0 Å². The lowest BCUT2D eigenvalue weighted by Gasteiger charge is -2.11. The van der Waals surface area contributed by atoms with E-state index in [-0.39, 0.29) is 28.7 Å². The number of hydrogen-bond acceptors (Lipinski definition) is 10. The second-order valence-corrected chi connectivity index (χ2v) is 9.16. The Balaban J connectivity index is 1.37. The fourth-order valence-electron chi connectivity index (χ4n) is 3.28. The lowest BCUT2D eigenvalue weighted by atomic mass is 10.2. The molecule has 0 fully saturated rings. The van der Waals surface area contributed by atoms with Crippen molar-refractivity contribution in [1.29, 1.82) is 0 Å². The Morgan fingerprint density at radius 2 is 1.82 bits per heavy atom. The van der Waals surface area contributed by atoms with Crippen LogP contribution in [0.5, 0.6) is 17.2 Å². The first-order chi connectivity index (χ1) is 18.3. The SMILES string of the molecule is COc1cc(/C=N\NC(=O)COc2cccc3cccnc23)ccc1OS(=O)(=O)c1ccc([N+](=O)[O-])cc1. The van der Waals surface area contributed by atoms with Crippen molar-refractivity contribution in [2.45, 2.75) is 4.90 Å². The predicted octanol–water partition coefficient (Wildman–Crippen LogP) is 3.45. The number of carbonyl (C=O) groups is 1. The highest BCUT2D eigenvalue weighted by Crippen LogP contribution is 2.31. The van der Waals surface area contributed by atoms with Gasteiger partial charge in [-0.15, -0.1) is 0 Å². The number of nitrogens with zero attached hydrogens (tertiary/aromatic N) is 3. The molecule has 13 heteroatoms. The minimum absolute atomic E-state index is 0.0811. The number of amides is 1. The molecule has 0 aliphatic carbocycles. The third-order valence-corrected chi connectivity index (χ3v) is 6.33. The number of aromatic nitrogens is 1. The Labute approximate surface area is 216 Å². The summed E-state index contributed by atoms with van der Waals surface area (Å²) in [5.41, 5.74) is 3.20. The van der Waals surface area contributed by atoms with Gasteiger partial charge in [0.15, 0.2) is 18.1 Å². The standard InChI is InChI=1S/C25H20N4O8S/c1-35-23-14-17(7-12-21(23)37-38(33,34)20-10-8-19(9-11-20)29(31)32)15-27-28-24(30)16-36-22-6-2-4-18-5-3-13-26-25(18)22/h2-15H,16H2,1H3,(H,28,30)/b27-15-. The molecule has 0 saturated carbocycles. The average Bonchev–Trinajstić information content (AvgIpc) is 2.92. The van der Waals surface area contributed by atoms with Gasteiger partial charge in [-0.3, -0.25) is 19.9 Å². The number of nitrogens with one attached hydrogen (secondary N) is 1. The Kier molecular flexibility index (Phi) is 7.77. The second kappa shape index (κ2) is 11.3. The molecular weight excluding hydrogens is 516 g/mol. The summed E-state index contributed by atoms with van der Waals surface area (Å²) < 4.78 is 41.1. The van der Waals surface area contributed by atoms with Crippen LogP contribution in [0, 0.1) is 10.1 Å². The number of pyridine rings is 1. The van der Waals surface area contributed by atoms with E-state index in [0.29, 0.717) is 16.8 Å². The first kappa shape index (κ1) is 26.0. The molecule has 1 N–H and O–H groups in total. The summed E-state index contributed by atoms with van der Waals surface area (Å²) >= 11 is 0. The summed E-state index contributed by atoms with van der Waals surface area (Å²) in [5.74, 6) is -0.0665. The zero-order valence-electron chi connectivity index (χ0n) is 19.8. The number of fused-ring (bicyclic) bond motifs is 1. The van der Waals surface area contributed by atoms with E-state index < -0.39 is 20.9 Å². The Hall–Kier alpha value is -5.04. The topological polar surface area (TPSA) is 159 Å². The first-order valence-corrected chi connectivity index (χ1v) is 12.3. The predicted molar refractivity (Wildman–Crippen MR) is 137 cm³/mol. The summed E-state index contributed by atoms with van der Waals surface area (Å²) in [7, 11) is -2.96. The van der Waals surface area contributed by atoms with Crippen LogP contribution < -0.4 is 19.1 Å². The van der Waals surface area contributed by atoms with E-state index in [0.717, 1.165) is 29.7 Å². The van der Waals surface area contributed by atoms with Crippen molar-refractivity contribution in [2.75, 3.05) is 13.7 Å². The van der Waals surface area contributed by atoms with Crippen LogP contribution in [0.25, 0.3) is 10.9 Å². The monoisotopic (exact) mass is 536 g/mol. The fourth-order valence-corrected chi connectivity index (χ4v) is 4.22. The van der Waals surface area contributed by atoms with Gasteiger partial charge >= 0.3 is 10.1 Å². The van der Waals surface area contributed by atoms with Crippen molar-refractivity contribution in [3.8, 4) is 17.2 Å². The van der Waals surface area contributed by atoms with Gasteiger partial charge < -0.3 is 13.7 Å². The Morgan fingerprint density at radius 3 is 2.55 bits per heavy atom. The molecule has 12 nitrogen and oxygen atoms in total. The van der Waals surface area contributed by atoms with Gasteiger partial charge in [0, 0.05) is 23.7 Å². The molecule has 0 atom stereocenters.